The van der Waals surface area contributed by atoms with Crippen LogP contribution < -0.4 is 0 Å². The second-order valence-electron chi connectivity index (χ2n) is 5.06. The first kappa shape index (κ1) is 17.0. The number of carbonyl (C=O) groups excluding carboxylic acids is 1. The quantitative estimate of drug-likeness (QED) is 0.474. The summed E-state index contributed by atoms with van der Waals surface area (Å²) in [5.41, 5.74) is 1.44. The first-order chi connectivity index (χ1) is 11.6. The summed E-state index contributed by atoms with van der Waals surface area (Å²) in [4.78, 5) is 12.2. The van der Waals surface area contributed by atoms with Crippen molar-refractivity contribution in [2.24, 2.45) is 7.05 Å². The minimum Gasteiger partial charge on any atom is -0.305 e. The summed E-state index contributed by atoms with van der Waals surface area (Å²) in [5, 5.41) is 10.2. The number of nitrogens with zero attached hydrogens (tertiary/aromatic N) is 3. The molecular formula is C17H13Cl2N3OS. The minimum atomic E-state index is 0.0129. The Morgan fingerprint density at radius 1 is 1.08 bits per heavy atom. The second-order valence-corrected chi connectivity index (χ2v) is 6.85. The van der Waals surface area contributed by atoms with Gasteiger partial charge in [-0.25, -0.2) is 0 Å². The van der Waals surface area contributed by atoms with E-state index in [-0.39, 0.29) is 11.5 Å². The number of halogens is 2. The fraction of sp³-hybridized carbons (Fsp3) is 0.118. The molecule has 0 aliphatic heterocycles. The maximum Gasteiger partial charge on any atom is 0.191 e. The third-order valence-corrected chi connectivity index (χ3v) is 5.05. The number of benzene rings is 2. The van der Waals surface area contributed by atoms with Gasteiger partial charge in [0.2, 0.25) is 0 Å². The van der Waals surface area contributed by atoms with Gasteiger partial charge in [0.05, 0.1) is 10.8 Å². The van der Waals surface area contributed by atoms with Crippen molar-refractivity contribution in [1.82, 2.24) is 14.8 Å². The van der Waals surface area contributed by atoms with Gasteiger partial charge in [-0.3, -0.25) is 4.79 Å². The van der Waals surface area contributed by atoms with E-state index in [2.05, 4.69) is 10.2 Å². The lowest BCUT2D eigenvalue weighted by atomic mass is 10.1. The highest BCUT2D eigenvalue weighted by molar-refractivity contribution is 7.99. The molecule has 0 N–H and O–H groups in total. The summed E-state index contributed by atoms with van der Waals surface area (Å²) >= 11 is 13.4. The Hall–Kier alpha value is -1.82. The number of hydrogen-bond donors (Lipinski definition) is 0. The van der Waals surface area contributed by atoms with Gasteiger partial charge in [-0.15, -0.1) is 10.2 Å². The molecule has 0 atom stereocenters. The highest BCUT2D eigenvalue weighted by atomic mass is 35.5. The van der Waals surface area contributed by atoms with Crippen molar-refractivity contribution in [3.8, 4) is 11.4 Å². The molecule has 0 radical (unpaired) electrons. The first-order valence-corrected chi connectivity index (χ1v) is 8.86. The van der Waals surface area contributed by atoms with Gasteiger partial charge in [0.1, 0.15) is 0 Å². The molecule has 0 spiro atoms. The molecule has 0 amide bonds. The maximum atomic E-state index is 12.2. The van der Waals surface area contributed by atoms with Crippen molar-refractivity contribution < 1.29 is 4.79 Å². The van der Waals surface area contributed by atoms with Gasteiger partial charge < -0.3 is 4.57 Å². The van der Waals surface area contributed by atoms with E-state index in [1.807, 2.05) is 35.9 Å². The van der Waals surface area contributed by atoms with Crippen LogP contribution in [0.15, 0.2) is 53.7 Å². The molecule has 0 saturated heterocycles. The first-order valence-electron chi connectivity index (χ1n) is 7.12. The largest absolute Gasteiger partial charge is 0.305 e. The summed E-state index contributed by atoms with van der Waals surface area (Å²) in [6.45, 7) is 0. The second kappa shape index (κ2) is 7.38. The van der Waals surface area contributed by atoms with E-state index < -0.39 is 0 Å². The molecule has 4 nitrogen and oxygen atoms in total. The Morgan fingerprint density at radius 2 is 1.79 bits per heavy atom. The number of rotatable bonds is 5. The number of thioether (sulfide) groups is 1. The van der Waals surface area contributed by atoms with Crippen LogP contribution in [0.2, 0.25) is 10.0 Å². The SMILES string of the molecule is Cn1c(SCC(=O)c2ccc(Cl)cc2)nnc1-c1ccccc1Cl. The average molecular weight is 378 g/mol. The molecular weight excluding hydrogens is 365 g/mol. The number of Topliss-reactive ketones (excluding diaryl/α,β-unsaturated/α-hetero) is 1. The zero-order valence-corrected chi connectivity index (χ0v) is 15.1. The summed E-state index contributed by atoms with van der Waals surface area (Å²) in [7, 11) is 1.85. The smallest absolute Gasteiger partial charge is 0.191 e. The van der Waals surface area contributed by atoms with E-state index in [1.54, 1.807) is 24.3 Å². The van der Waals surface area contributed by atoms with Gasteiger partial charge in [0.15, 0.2) is 16.8 Å². The Bertz CT molecular complexity index is 878. The number of carbonyl (C=O) groups is 1. The molecule has 122 valence electrons. The molecule has 1 aromatic heterocycles. The van der Waals surface area contributed by atoms with E-state index in [0.29, 0.717) is 26.6 Å². The van der Waals surface area contributed by atoms with Crippen molar-refractivity contribution in [3.63, 3.8) is 0 Å². The summed E-state index contributed by atoms with van der Waals surface area (Å²) < 4.78 is 1.83. The zero-order chi connectivity index (χ0) is 17.1. The third kappa shape index (κ3) is 3.64. The van der Waals surface area contributed by atoms with Crippen molar-refractivity contribution in [2.45, 2.75) is 5.16 Å². The van der Waals surface area contributed by atoms with Crippen molar-refractivity contribution in [1.29, 1.82) is 0 Å². The normalized spacial score (nSPS) is 10.8. The van der Waals surface area contributed by atoms with E-state index >= 15 is 0 Å². The number of ketones is 1. The molecule has 3 rings (SSSR count). The lowest BCUT2D eigenvalue weighted by Gasteiger charge is -2.05. The molecule has 0 unspecified atom stereocenters. The third-order valence-electron chi connectivity index (χ3n) is 3.45. The highest BCUT2D eigenvalue weighted by Gasteiger charge is 2.15. The maximum absolute atomic E-state index is 12.2. The molecule has 24 heavy (non-hydrogen) atoms. The van der Waals surface area contributed by atoms with E-state index in [1.165, 1.54) is 11.8 Å². The van der Waals surface area contributed by atoms with Gasteiger partial charge in [0, 0.05) is 23.2 Å². The lowest BCUT2D eigenvalue weighted by Crippen LogP contribution is -2.03. The van der Waals surface area contributed by atoms with Crippen LogP contribution in [0.5, 0.6) is 0 Å². The van der Waals surface area contributed by atoms with Crippen LogP contribution in [0.25, 0.3) is 11.4 Å². The van der Waals surface area contributed by atoms with E-state index in [4.69, 9.17) is 23.2 Å². The number of hydrogen-bond acceptors (Lipinski definition) is 4. The molecule has 1 heterocycles. The fourth-order valence-electron chi connectivity index (χ4n) is 2.17. The summed E-state index contributed by atoms with van der Waals surface area (Å²) in [6.07, 6.45) is 0. The monoisotopic (exact) mass is 377 g/mol. The van der Waals surface area contributed by atoms with Crippen LogP contribution in [-0.2, 0) is 7.05 Å². The van der Waals surface area contributed by atoms with E-state index in [0.717, 1.165) is 5.56 Å². The molecule has 3 aromatic rings. The summed E-state index contributed by atoms with van der Waals surface area (Å²) in [6, 6.07) is 14.3. The Morgan fingerprint density at radius 3 is 2.50 bits per heavy atom. The summed E-state index contributed by atoms with van der Waals surface area (Å²) in [5.74, 6) is 0.955. The molecule has 0 bridgehead atoms. The molecule has 0 aliphatic rings. The average Bonchev–Trinajstić information content (AvgIpc) is 2.94. The minimum absolute atomic E-state index is 0.0129. The van der Waals surface area contributed by atoms with Gasteiger partial charge in [-0.1, -0.05) is 47.1 Å². The molecule has 0 saturated carbocycles. The van der Waals surface area contributed by atoms with Crippen LogP contribution in [0, 0.1) is 0 Å². The number of aromatic nitrogens is 3. The van der Waals surface area contributed by atoms with Gasteiger partial charge in [0.25, 0.3) is 0 Å². The van der Waals surface area contributed by atoms with Gasteiger partial charge >= 0.3 is 0 Å². The highest BCUT2D eigenvalue weighted by Crippen LogP contribution is 2.28. The van der Waals surface area contributed by atoms with Crippen LogP contribution in [0.1, 0.15) is 10.4 Å². The van der Waals surface area contributed by atoms with Crippen LogP contribution in [0.3, 0.4) is 0 Å². The molecule has 2 aromatic carbocycles. The fourth-order valence-corrected chi connectivity index (χ4v) is 3.32. The standard InChI is InChI=1S/C17H13Cl2N3OS/c1-22-16(13-4-2-3-5-14(13)19)20-21-17(22)24-10-15(23)11-6-8-12(18)9-7-11/h2-9H,10H2,1H3. The Kier molecular flexibility index (Phi) is 5.23. The molecule has 7 heteroatoms. The predicted octanol–water partition coefficient (Wildman–Crippen LogP) is 4.76. The van der Waals surface area contributed by atoms with E-state index in [9.17, 15) is 4.79 Å². The van der Waals surface area contributed by atoms with Crippen LogP contribution >= 0.6 is 35.0 Å². The Balaban J connectivity index is 1.74. The van der Waals surface area contributed by atoms with Crippen molar-refractivity contribution in [2.75, 3.05) is 5.75 Å². The Labute approximate surface area is 153 Å². The molecule has 0 fully saturated rings. The van der Waals surface area contributed by atoms with Crippen molar-refractivity contribution >= 4 is 40.7 Å². The predicted molar refractivity (Wildman–Crippen MR) is 98.0 cm³/mol. The zero-order valence-electron chi connectivity index (χ0n) is 12.7. The van der Waals surface area contributed by atoms with Gasteiger partial charge in [-0.2, -0.15) is 0 Å². The van der Waals surface area contributed by atoms with Crippen molar-refractivity contribution in [3.05, 3.63) is 64.1 Å². The lowest BCUT2D eigenvalue weighted by molar-refractivity contribution is 0.102. The van der Waals surface area contributed by atoms with Crippen LogP contribution in [-0.4, -0.2) is 26.3 Å². The van der Waals surface area contributed by atoms with Gasteiger partial charge in [-0.05, 0) is 36.4 Å². The molecule has 0 aliphatic carbocycles. The van der Waals surface area contributed by atoms with Crippen LogP contribution in [0.4, 0.5) is 0 Å². The topological polar surface area (TPSA) is 47.8 Å².